The Balaban J connectivity index is 2.14. The van der Waals surface area contributed by atoms with Crippen LogP contribution in [-0.2, 0) is 14.3 Å². The van der Waals surface area contributed by atoms with Gasteiger partial charge in [0.2, 0.25) is 0 Å². The van der Waals surface area contributed by atoms with Crippen LogP contribution in [0, 0.1) is 11.8 Å². The first-order valence-electron chi connectivity index (χ1n) is 10.6. The number of rotatable bonds is 7. The van der Waals surface area contributed by atoms with E-state index in [2.05, 4.69) is 31.1 Å². The van der Waals surface area contributed by atoms with Gasteiger partial charge in [-0.2, -0.15) is 0 Å². The van der Waals surface area contributed by atoms with Crippen molar-refractivity contribution < 1.29 is 28.9 Å². The third-order valence-electron chi connectivity index (χ3n) is 5.36. The molecule has 0 spiro atoms. The number of carbonyl (C=O) groups excluding carboxylic acids is 2. The zero-order valence-electron chi connectivity index (χ0n) is 18.5. The SMILES string of the molecule is CCC1CCCC(NC(=O)c2nccc(OC)c2O)C(=O)OC(C)C1OCC(C)C. The van der Waals surface area contributed by atoms with Crippen LogP contribution in [0.15, 0.2) is 12.3 Å². The Hall–Kier alpha value is -2.35. The molecule has 30 heavy (non-hydrogen) atoms. The highest BCUT2D eigenvalue weighted by Crippen LogP contribution is 2.29. The van der Waals surface area contributed by atoms with Gasteiger partial charge in [-0.05, 0) is 31.6 Å². The molecule has 1 aromatic heterocycles. The number of hydrogen-bond donors (Lipinski definition) is 2. The molecular formula is C22H34N2O6. The minimum absolute atomic E-state index is 0.136. The number of cyclic esters (lactones) is 1. The summed E-state index contributed by atoms with van der Waals surface area (Å²) in [4.78, 5) is 29.4. The predicted molar refractivity (Wildman–Crippen MR) is 111 cm³/mol. The van der Waals surface area contributed by atoms with Crippen LogP contribution in [0.1, 0.15) is 63.9 Å². The van der Waals surface area contributed by atoms with Crippen molar-refractivity contribution in [3.63, 3.8) is 0 Å². The van der Waals surface area contributed by atoms with Gasteiger partial charge in [0.25, 0.3) is 5.91 Å². The summed E-state index contributed by atoms with van der Waals surface area (Å²) in [5.74, 6) is -0.738. The van der Waals surface area contributed by atoms with E-state index < -0.39 is 24.0 Å². The lowest BCUT2D eigenvalue weighted by Gasteiger charge is -2.31. The number of methoxy groups -OCH3 is 1. The second-order valence-electron chi connectivity index (χ2n) is 8.17. The normalized spacial score (nSPS) is 25.1. The zero-order valence-corrected chi connectivity index (χ0v) is 18.5. The molecule has 1 aliphatic rings. The van der Waals surface area contributed by atoms with Gasteiger partial charge in [-0.15, -0.1) is 0 Å². The van der Waals surface area contributed by atoms with Crippen molar-refractivity contribution in [1.29, 1.82) is 0 Å². The van der Waals surface area contributed by atoms with Crippen LogP contribution >= 0.6 is 0 Å². The fourth-order valence-electron chi connectivity index (χ4n) is 3.72. The molecule has 2 N–H and O–H groups in total. The van der Waals surface area contributed by atoms with E-state index in [-0.39, 0.29) is 29.2 Å². The first-order valence-corrected chi connectivity index (χ1v) is 10.6. The first kappa shape index (κ1) is 23.9. The van der Waals surface area contributed by atoms with E-state index in [1.807, 2.05) is 6.92 Å². The molecule has 0 aromatic carbocycles. The van der Waals surface area contributed by atoms with Gasteiger partial charge in [-0.25, -0.2) is 9.78 Å². The summed E-state index contributed by atoms with van der Waals surface area (Å²) >= 11 is 0. The van der Waals surface area contributed by atoms with E-state index in [4.69, 9.17) is 14.2 Å². The maximum Gasteiger partial charge on any atom is 0.329 e. The summed E-state index contributed by atoms with van der Waals surface area (Å²) in [6.45, 7) is 8.72. The first-order chi connectivity index (χ1) is 14.3. The third kappa shape index (κ3) is 6.08. The Morgan fingerprint density at radius 2 is 2.13 bits per heavy atom. The summed E-state index contributed by atoms with van der Waals surface area (Å²) in [6.07, 6.45) is 3.72. The summed E-state index contributed by atoms with van der Waals surface area (Å²) in [6, 6.07) is 0.623. The van der Waals surface area contributed by atoms with Crippen LogP contribution in [-0.4, -0.2) is 53.9 Å². The van der Waals surface area contributed by atoms with Gasteiger partial charge in [-0.3, -0.25) is 4.79 Å². The molecule has 1 saturated heterocycles. The molecule has 1 amide bonds. The zero-order chi connectivity index (χ0) is 22.3. The van der Waals surface area contributed by atoms with Gasteiger partial charge in [0, 0.05) is 18.9 Å². The van der Waals surface area contributed by atoms with Crippen LogP contribution in [0.25, 0.3) is 0 Å². The number of amides is 1. The van der Waals surface area contributed by atoms with Crippen molar-refractivity contribution in [2.75, 3.05) is 13.7 Å². The van der Waals surface area contributed by atoms with Crippen LogP contribution in [0.2, 0.25) is 0 Å². The lowest BCUT2D eigenvalue weighted by Crippen LogP contribution is -2.44. The van der Waals surface area contributed by atoms with E-state index in [0.717, 1.165) is 19.3 Å². The van der Waals surface area contributed by atoms with Crippen molar-refractivity contribution in [2.45, 2.75) is 71.6 Å². The molecule has 8 nitrogen and oxygen atoms in total. The monoisotopic (exact) mass is 422 g/mol. The van der Waals surface area contributed by atoms with Crippen LogP contribution in [0.4, 0.5) is 0 Å². The van der Waals surface area contributed by atoms with Crippen molar-refractivity contribution in [3.05, 3.63) is 18.0 Å². The van der Waals surface area contributed by atoms with Crippen molar-refractivity contribution >= 4 is 11.9 Å². The number of pyridine rings is 1. The van der Waals surface area contributed by atoms with Gasteiger partial charge in [-0.1, -0.05) is 33.6 Å². The van der Waals surface area contributed by atoms with Crippen molar-refractivity contribution in [3.8, 4) is 11.5 Å². The molecule has 2 rings (SSSR count). The Morgan fingerprint density at radius 3 is 2.77 bits per heavy atom. The Bertz CT molecular complexity index is 724. The molecule has 1 fully saturated rings. The molecule has 0 aliphatic carbocycles. The minimum Gasteiger partial charge on any atom is -0.503 e. The predicted octanol–water partition coefficient (Wildman–Crippen LogP) is 3.08. The molecular weight excluding hydrogens is 388 g/mol. The van der Waals surface area contributed by atoms with Gasteiger partial charge in [0.15, 0.2) is 17.2 Å². The highest BCUT2D eigenvalue weighted by molar-refractivity contribution is 5.97. The number of aromatic hydroxyl groups is 1. The number of esters is 1. The van der Waals surface area contributed by atoms with Crippen molar-refractivity contribution in [2.24, 2.45) is 11.8 Å². The second-order valence-corrected chi connectivity index (χ2v) is 8.17. The summed E-state index contributed by atoms with van der Waals surface area (Å²) in [7, 11) is 1.38. The van der Waals surface area contributed by atoms with Gasteiger partial charge < -0.3 is 24.6 Å². The van der Waals surface area contributed by atoms with Gasteiger partial charge >= 0.3 is 5.97 Å². The number of hydrogen-bond acceptors (Lipinski definition) is 7. The molecule has 8 heteroatoms. The molecule has 4 atom stereocenters. The van der Waals surface area contributed by atoms with E-state index in [0.29, 0.717) is 18.9 Å². The van der Waals surface area contributed by atoms with E-state index in [1.54, 1.807) is 0 Å². The standard InChI is InChI=1S/C22H34N2O6/c1-6-15-8-7-9-16(22(27)30-14(4)20(15)29-12-13(2)3)24-21(26)18-19(25)17(28-5)10-11-23-18/h10-11,13-16,20,25H,6-9,12H2,1-5H3,(H,24,26). The molecule has 0 saturated carbocycles. The second kappa shape index (κ2) is 11.2. The number of ether oxygens (including phenoxy) is 3. The number of nitrogens with zero attached hydrogens (tertiary/aromatic N) is 1. The molecule has 1 aliphatic heterocycles. The summed E-state index contributed by atoms with van der Waals surface area (Å²) < 4.78 is 16.8. The Morgan fingerprint density at radius 1 is 1.40 bits per heavy atom. The topological polar surface area (TPSA) is 107 Å². The van der Waals surface area contributed by atoms with Crippen LogP contribution in [0.3, 0.4) is 0 Å². The lowest BCUT2D eigenvalue weighted by molar-refractivity contribution is -0.161. The Kier molecular flexibility index (Phi) is 8.89. The number of carbonyl (C=O) groups is 2. The Labute approximate surface area is 178 Å². The number of nitrogens with one attached hydrogen (secondary N) is 1. The molecule has 4 unspecified atom stereocenters. The smallest absolute Gasteiger partial charge is 0.329 e. The largest absolute Gasteiger partial charge is 0.503 e. The summed E-state index contributed by atoms with van der Waals surface area (Å²) in [5, 5.41) is 12.8. The highest BCUT2D eigenvalue weighted by atomic mass is 16.6. The van der Waals surface area contributed by atoms with Gasteiger partial charge in [0.1, 0.15) is 12.1 Å². The fraction of sp³-hybridized carbons (Fsp3) is 0.682. The highest BCUT2D eigenvalue weighted by Gasteiger charge is 2.34. The maximum atomic E-state index is 12.8. The average Bonchev–Trinajstić information content (AvgIpc) is 2.75. The van der Waals surface area contributed by atoms with E-state index in [9.17, 15) is 14.7 Å². The quantitative estimate of drug-likeness (QED) is 0.650. The summed E-state index contributed by atoms with van der Waals surface area (Å²) in [5.41, 5.74) is -0.195. The number of aromatic nitrogens is 1. The van der Waals surface area contributed by atoms with Crippen LogP contribution in [0.5, 0.6) is 11.5 Å². The third-order valence-corrected chi connectivity index (χ3v) is 5.36. The lowest BCUT2D eigenvalue weighted by atomic mass is 9.90. The van der Waals surface area contributed by atoms with E-state index >= 15 is 0 Å². The molecule has 1 aromatic rings. The van der Waals surface area contributed by atoms with Gasteiger partial charge in [0.05, 0.1) is 13.2 Å². The molecule has 2 heterocycles. The molecule has 0 bridgehead atoms. The fourth-order valence-corrected chi connectivity index (χ4v) is 3.72. The minimum atomic E-state index is -0.825. The molecule has 0 radical (unpaired) electrons. The molecule has 168 valence electrons. The van der Waals surface area contributed by atoms with E-state index in [1.165, 1.54) is 19.4 Å². The average molecular weight is 423 g/mol. The maximum absolute atomic E-state index is 12.8. The van der Waals surface area contributed by atoms with Crippen LogP contribution < -0.4 is 10.1 Å². The van der Waals surface area contributed by atoms with Crippen molar-refractivity contribution in [1.82, 2.24) is 10.3 Å².